The number of nitrogens with zero attached hydrogens (tertiary/aromatic N) is 1. The highest BCUT2D eigenvalue weighted by Gasteiger charge is 2.18. The van der Waals surface area contributed by atoms with Crippen molar-refractivity contribution in [3.8, 4) is 0 Å². The van der Waals surface area contributed by atoms with Crippen LogP contribution < -0.4 is 0 Å². The van der Waals surface area contributed by atoms with Crippen LogP contribution in [0, 0.1) is 0 Å². The predicted molar refractivity (Wildman–Crippen MR) is 98.6 cm³/mol. The van der Waals surface area contributed by atoms with Crippen molar-refractivity contribution >= 4 is 23.7 Å². The molecule has 0 heterocycles. The second-order valence-electron chi connectivity index (χ2n) is 6.28. The van der Waals surface area contributed by atoms with Crippen molar-refractivity contribution in [3.05, 3.63) is 70.3 Å². The van der Waals surface area contributed by atoms with Crippen LogP contribution in [0.4, 0.5) is 0 Å². The van der Waals surface area contributed by atoms with Crippen molar-refractivity contribution in [3.63, 3.8) is 0 Å². The quantitative estimate of drug-likeness (QED) is 0.561. The number of benzene rings is 2. The fourth-order valence-corrected chi connectivity index (χ4v) is 2.77. The lowest BCUT2D eigenvalue weighted by molar-refractivity contribution is -0.138. The molecule has 0 aliphatic carbocycles. The van der Waals surface area contributed by atoms with E-state index in [2.05, 4.69) is 0 Å². The van der Waals surface area contributed by atoms with Gasteiger partial charge >= 0.3 is 17.9 Å². The number of ketones is 1. The van der Waals surface area contributed by atoms with E-state index in [1.54, 1.807) is 29.2 Å². The second-order valence-corrected chi connectivity index (χ2v) is 6.28. The van der Waals surface area contributed by atoms with E-state index < -0.39 is 17.9 Å². The molecule has 0 radical (unpaired) electrons. The minimum Gasteiger partial charge on any atom is -0.480 e. The summed E-state index contributed by atoms with van der Waals surface area (Å²) in [6.45, 7) is 1.53. The maximum atomic E-state index is 11.4. The van der Waals surface area contributed by atoms with Gasteiger partial charge in [-0.25, -0.2) is 9.59 Å². The summed E-state index contributed by atoms with van der Waals surface area (Å²) in [4.78, 5) is 46.6. The first-order chi connectivity index (χ1) is 13.2. The lowest BCUT2D eigenvalue weighted by Gasteiger charge is -2.21. The summed E-state index contributed by atoms with van der Waals surface area (Å²) >= 11 is 0. The van der Waals surface area contributed by atoms with Crippen LogP contribution >= 0.6 is 0 Å². The molecule has 8 heteroatoms. The molecule has 0 spiro atoms. The van der Waals surface area contributed by atoms with E-state index >= 15 is 0 Å². The Bertz CT molecular complexity index is 919. The molecule has 0 bridgehead atoms. The van der Waals surface area contributed by atoms with Crippen molar-refractivity contribution in [1.82, 2.24) is 4.90 Å². The molecule has 146 valence electrons. The first-order valence-electron chi connectivity index (χ1n) is 8.31. The predicted octanol–water partition coefficient (Wildman–Crippen LogP) is 2.37. The van der Waals surface area contributed by atoms with E-state index in [1.165, 1.54) is 25.1 Å². The maximum Gasteiger partial charge on any atom is 0.336 e. The molecule has 8 nitrogen and oxygen atoms in total. The molecule has 2 rings (SSSR count). The van der Waals surface area contributed by atoms with E-state index in [0.717, 1.165) is 5.56 Å². The maximum absolute atomic E-state index is 11.4. The van der Waals surface area contributed by atoms with E-state index in [-0.39, 0.29) is 36.5 Å². The first-order valence-corrected chi connectivity index (χ1v) is 8.31. The molecule has 0 aliphatic rings. The Balaban J connectivity index is 2.25. The van der Waals surface area contributed by atoms with Crippen LogP contribution in [-0.4, -0.2) is 50.5 Å². The largest absolute Gasteiger partial charge is 0.480 e. The van der Waals surface area contributed by atoms with Gasteiger partial charge in [-0.2, -0.15) is 0 Å². The number of carboxylic acid groups (broad SMARTS) is 3. The van der Waals surface area contributed by atoms with Gasteiger partial charge in [0.25, 0.3) is 0 Å². The Labute approximate surface area is 160 Å². The van der Waals surface area contributed by atoms with Crippen molar-refractivity contribution in [2.45, 2.75) is 20.0 Å². The number of aromatic carboxylic acids is 2. The number of hydrogen-bond acceptors (Lipinski definition) is 5. The Hall–Kier alpha value is -3.52. The van der Waals surface area contributed by atoms with Crippen LogP contribution in [0.25, 0.3) is 0 Å². The summed E-state index contributed by atoms with van der Waals surface area (Å²) in [6.07, 6.45) is 0. The number of carboxylic acids is 3. The molecule has 0 atom stereocenters. The zero-order valence-corrected chi connectivity index (χ0v) is 15.1. The molecule has 3 N–H and O–H groups in total. The van der Waals surface area contributed by atoms with Gasteiger partial charge in [0.1, 0.15) is 0 Å². The molecule has 2 aromatic rings. The third kappa shape index (κ3) is 5.49. The van der Waals surface area contributed by atoms with Gasteiger partial charge in [-0.05, 0) is 30.2 Å². The summed E-state index contributed by atoms with van der Waals surface area (Å²) in [5.74, 6) is -3.85. The van der Waals surface area contributed by atoms with Crippen LogP contribution in [0.15, 0.2) is 42.5 Å². The molecule has 0 amide bonds. The molecule has 0 aliphatic heterocycles. The number of hydrogen-bond donors (Lipinski definition) is 3. The first kappa shape index (κ1) is 20.8. The van der Waals surface area contributed by atoms with Crippen LogP contribution in [0.3, 0.4) is 0 Å². The number of aliphatic carboxylic acids is 1. The molecule has 28 heavy (non-hydrogen) atoms. The van der Waals surface area contributed by atoms with E-state index in [9.17, 15) is 24.3 Å². The van der Waals surface area contributed by atoms with Gasteiger partial charge in [0.2, 0.25) is 0 Å². The molecule has 0 aromatic heterocycles. The molecule has 0 saturated heterocycles. The average Bonchev–Trinajstić information content (AvgIpc) is 2.61. The van der Waals surface area contributed by atoms with Gasteiger partial charge in [0, 0.05) is 18.7 Å². The van der Waals surface area contributed by atoms with E-state index in [0.29, 0.717) is 11.1 Å². The van der Waals surface area contributed by atoms with Gasteiger partial charge < -0.3 is 15.3 Å². The Kier molecular flexibility index (Phi) is 6.62. The lowest BCUT2D eigenvalue weighted by atomic mass is 10.0. The van der Waals surface area contributed by atoms with Crippen molar-refractivity contribution in [1.29, 1.82) is 0 Å². The number of carbonyl (C=O) groups excluding carboxylic acids is 1. The van der Waals surface area contributed by atoms with Crippen LogP contribution in [0.5, 0.6) is 0 Å². The monoisotopic (exact) mass is 385 g/mol. The minimum absolute atomic E-state index is 0.0753. The smallest absolute Gasteiger partial charge is 0.336 e. The fourth-order valence-electron chi connectivity index (χ4n) is 2.77. The van der Waals surface area contributed by atoms with Crippen molar-refractivity contribution < 1.29 is 34.5 Å². The summed E-state index contributed by atoms with van der Waals surface area (Å²) in [5.41, 5.74) is 1.12. The standard InChI is InChI=1S/C20H19NO7/c1-12(22)15-5-2-13(3-6-15)9-21(11-18(23)24)10-14-4-7-16(19(25)26)17(8-14)20(27)28/h2-8H,9-11H2,1H3,(H,23,24)(H,25,26)(H,27,28). The highest BCUT2D eigenvalue weighted by Crippen LogP contribution is 2.16. The Morgan fingerprint density at radius 1 is 0.786 bits per heavy atom. The summed E-state index contributed by atoms with van der Waals surface area (Å²) in [7, 11) is 0. The topological polar surface area (TPSA) is 132 Å². The highest BCUT2D eigenvalue weighted by molar-refractivity contribution is 6.01. The van der Waals surface area contributed by atoms with E-state index in [4.69, 9.17) is 10.2 Å². The fraction of sp³-hybridized carbons (Fsp3) is 0.200. The molecular weight excluding hydrogens is 366 g/mol. The average molecular weight is 385 g/mol. The summed E-state index contributed by atoms with van der Waals surface area (Å²) < 4.78 is 0. The Morgan fingerprint density at radius 3 is 1.82 bits per heavy atom. The van der Waals surface area contributed by atoms with Gasteiger partial charge in [-0.15, -0.1) is 0 Å². The van der Waals surface area contributed by atoms with Gasteiger partial charge in [0.15, 0.2) is 5.78 Å². The SMILES string of the molecule is CC(=O)c1ccc(CN(CC(=O)O)Cc2ccc(C(=O)O)c(C(=O)O)c2)cc1. The van der Waals surface area contributed by atoms with Gasteiger partial charge in [-0.3, -0.25) is 14.5 Å². The summed E-state index contributed by atoms with van der Waals surface area (Å²) in [5, 5.41) is 27.5. The molecule has 2 aromatic carbocycles. The molecule has 0 saturated carbocycles. The summed E-state index contributed by atoms with van der Waals surface area (Å²) in [6, 6.07) is 10.6. The van der Waals surface area contributed by atoms with E-state index in [1.807, 2.05) is 0 Å². The van der Waals surface area contributed by atoms with Crippen LogP contribution in [0.2, 0.25) is 0 Å². The third-order valence-electron chi connectivity index (χ3n) is 4.08. The number of Topliss-reactive ketones (excluding diaryl/α,β-unsaturated/α-hetero) is 1. The molecular formula is C20H19NO7. The third-order valence-corrected chi connectivity index (χ3v) is 4.08. The minimum atomic E-state index is -1.37. The normalized spacial score (nSPS) is 10.6. The highest BCUT2D eigenvalue weighted by atomic mass is 16.4. The molecule has 0 fully saturated rings. The second kappa shape index (κ2) is 8.92. The lowest BCUT2D eigenvalue weighted by Crippen LogP contribution is -2.29. The number of rotatable bonds is 9. The van der Waals surface area contributed by atoms with Gasteiger partial charge in [0.05, 0.1) is 17.7 Å². The molecule has 0 unspecified atom stereocenters. The Morgan fingerprint density at radius 2 is 1.32 bits per heavy atom. The van der Waals surface area contributed by atoms with Gasteiger partial charge in [-0.1, -0.05) is 30.3 Å². The number of carbonyl (C=O) groups is 4. The zero-order valence-electron chi connectivity index (χ0n) is 15.1. The van der Waals surface area contributed by atoms with Crippen LogP contribution in [0.1, 0.15) is 49.1 Å². The zero-order chi connectivity index (χ0) is 20.8. The van der Waals surface area contributed by atoms with Crippen LogP contribution in [-0.2, 0) is 17.9 Å². The van der Waals surface area contributed by atoms with Crippen molar-refractivity contribution in [2.24, 2.45) is 0 Å². The van der Waals surface area contributed by atoms with Crippen molar-refractivity contribution in [2.75, 3.05) is 6.54 Å².